The molecular formula is C9H18N2O5. The van der Waals surface area contributed by atoms with Gasteiger partial charge in [0.2, 0.25) is 0 Å². The first-order valence-corrected chi connectivity index (χ1v) is 4.69. The van der Waals surface area contributed by atoms with E-state index < -0.39 is 12.2 Å². The molecule has 94 valence electrons. The number of hydrogen-bond acceptors (Lipinski definition) is 5. The van der Waals surface area contributed by atoms with Crippen molar-refractivity contribution in [3.63, 3.8) is 0 Å². The highest BCUT2D eigenvalue weighted by molar-refractivity contribution is 5.73. The van der Waals surface area contributed by atoms with Gasteiger partial charge in [0.1, 0.15) is 0 Å². The van der Waals surface area contributed by atoms with Gasteiger partial charge < -0.3 is 14.6 Å². The molecule has 0 saturated carbocycles. The van der Waals surface area contributed by atoms with Gasteiger partial charge in [0.25, 0.3) is 0 Å². The predicted molar refractivity (Wildman–Crippen MR) is 56.2 cm³/mol. The van der Waals surface area contributed by atoms with Crippen LogP contribution < -0.4 is 0 Å². The van der Waals surface area contributed by atoms with Gasteiger partial charge in [0.05, 0.1) is 12.2 Å². The summed E-state index contributed by atoms with van der Waals surface area (Å²) in [5.74, 6) is 0. The van der Waals surface area contributed by atoms with Crippen molar-refractivity contribution in [2.24, 2.45) is 10.2 Å². The van der Waals surface area contributed by atoms with E-state index in [1.54, 1.807) is 27.7 Å². The number of azo groups is 1. The van der Waals surface area contributed by atoms with Crippen molar-refractivity contribution in [2.75, 3.05) is 7.11 Å². The number of carbonyl (C=O) groups is 2. The molecule has 0 rings (SSSR count). The lowest BCUT2D eigenvalue weighted by Gasteiger charge is -2.03. The van der Waals surface area contributed by atoms with Crippen LogP contribution in [0.5, 0.6) is 0 Å². The zero-order valence-corrected chi connectivity index (χ0v) is 10.1. The third kappa shape index (κ3) is 12.5. The Morgan fingerprint density at radius 2 is 1.12 bits per heavy atom. The van der Waals surface area contributed by atoms with Crippen molar-refractivity contribution in [1.82, 2.24) is 0 Å². The van der Waals surface area contributed by atoms with Gasteiger partial charge in [0.15, 0.2) is 0 Å². The summed E-state index contributed by atoms with van der Waals surface area (Å²) < 4.78 is 9.20. The van der Waals surface area contributed by atoms with Crippen LogP contribution in [0.25, 0.3) is 0 Å². The first kappa shape index (κ1) is 16.9. The molecule has 0 unspecified atom stereocenters. The van der Waals surface area contributed by atoms with E-state index in [-0.39, 0.29) is 12.2 Å². The quantitative estimate of drug-likeness (QED) is 0.738. The maximum Gasteiger partial charge on any atom is 0.452 e. The molecule has 1 N–H and O–H groups in total. The third-order valence-electron chi connectivity index (χ3n) is 0.886. The van der Waals surface area contributed by atoms with Crippen molar-refractivity contribution in [1.29, 1.82) is 0 Å². The number of ether oxygens (including phenoxy) is 2. The van der Waals surface area contributed by atoms with E-state index in [1.165, 1.54) is 0 Å². The van der Waals surface area contributed by atoms with Crippen LogP contribution in [0.4, 0.5) is 9.59 Å². The molecule has 0 saturated heterocycles. The van der Waals surface area contributed by atoms with Crippen molar-refractivity contribution in [3.8, 4) is 0 Å². The van der Waals surface area contributed by atoms with Crippen LogP contribution >= 0.6 is 0 Å². The molecule has 2 amide bonds. The molecule has 0 aromatic heterocycles. The van der Waals surface area contributed by atoms with Crippen molar-refractivity contribution in [2.45, 2.75) is 39.9 Å². The second-order valence-electron chi connectivity index (χ2n) is 3.07. The molecule has 0 aromatic carbocycles. The van der Waals surface area contributed by atoms with E-state index in [2.05, 4.69) is 19.7 Å². The van der Waals surface area contributed by atoms with Gasteiger partial charge in [0, 0.05) is 7.11 Å². The summed E-state index contributed by atoms with van der Waals surface area (Å²) in [4.78, 5) is 21.5. The summed E-state index contributed by atoms with van der Waals surface area (Å²) in [5, 5.41) is 13.0. The Morgan fingerprint density at radius 3 is 1.31 bits per heavy atom. The van der Waals surface area contributed by atoms with E-state index in [1.807, 2.05) is 0 Å². The summed E-state index contributed by atoms with van der Waals surface area (Å²) in [6, 6.07) is 0. The number of nitrogens with zero attached hydrogens (tertiary/aromatic N) is 2. The summed E-state index contributed by atoms with van der Waals surface area (Å²) >= 11 is 0. The highest BCUT2D eigenvalue weighted by Gasteiger charge is 2.06. The van der Waals surface area contributed by atoms with Crippen LogP contribution in [0.2, 0.25) is 0 Å². The van der Waals surface area contributed by atoms with Gasteiger partial charge in [-0.15, -0.1) is 0 Å². The Labute approximate surface area is 94.5 Å². The Balaban J connectivity index is 0. The summed E-state index contributed by atoms with van der Waals surface area (Å²) in [7, 11) is 1.00. The molecule has 0 aliphatic rings. The zero-order chi connectivity index (χ0) is 13.1. The lowest BCUT2D eigenvalue weighted by Crippen LogP contribution is -2.09. The average Bonchev–Trinajstić information content (AvgIpc) is 2.16. The molecule has 0 bridgehead atoms. The van der Waals surface area contributed by atoms with E-state index >= 15 is 0 Å². The summed E-state index contributed by atoms with van der Waals surface area (Å²) in [5.41, 5.74) is 0. The lowest BCUT2D eigenvalue weighted by atomic mass is 10.5. The average molecular weight is 234 g/mol. The molecule has 0 fully saturated rings. The topological polar surface area (TPSA) is 97.6 Å². The minimum absolute atomic E-state index is 0.289. The van der Waals surface area contributed by atoms with Gasteiger partial charge >= 0.3 is 12.2 Å². The van der Waals surface area contributed by atoms with Crippen molar-refractivity contribution < 1.29 is 24.2 Å². The second-order valence-corrected chi connectivity index (χ2v) is 3.07. The lowest BCUT2D eigenvalue weighted by molar-refractivity contribution is 0.115. The molecule has 7 nitrogen and oxygen atoms in total. The fourth-order valence-corrected chi connectivity index (χ4v) is 0.532. The van der Waals surface area contributed by atoms with Crippen LogP contribution in [-0.2, 0) is 9.47 Å². The van der Waals surface area contributed by atoms with E-state index in [4.69, 9.17) is 5.11 Å². The minimum atomic E-state index is -0.902. The molecular weight excluding hydrogens is 216 g/mol. The first-order valence-electron chi connectivity index (χ1n) is 4.69. The number of amides is 2. The number of aliphatic hydroxyl groups excluding tert-OH is 1. The zero-order valence-electron chi connectivity index (χ0n) is 10.1. The molecule has 7 heteroatoms. The van der Waals surface area contributed by atoms with Gasteiger partial charge in [-0.25, -0.2) is 9.59 Å². The molecule has 0 heterocycles. The van der Waals surface area contributed by atoms with Crippen LogP contribution in [0.1, 0.15) is 27.7 Å². The largest absolute Gasteiger partial charge is 0.452 e. The van der Waals surface area contributed by atoms with E-state index in [0.29, 0.717) is 0 Å². The van der Waals surface area contributed by atoms with Gasteiger partial charge in [-0.3, -0.25) is 0 Å². The SMILES string of the molecule is CC(C)OC(=O)N=NC(=O)OC(C)C.CO. The molecule has 0 aromatic rings. The number of rotatable bonds is 2. The minimum Gasteiger partial charge on any atom is -0.444 e. The number of aliphatic hydroxyl groups is 1. The summed E-state index contributed by atoms with van der Waals surface area (Å²) in [6.07, 6.45) is -2.38. The van der Waals surface area contributed by atoms with Crippen LogP contribution in [0.3, 0.4) is 0 Å². The molecule has 0 spiro atoms. The second kappa shape index (κ2) is 10.0. The van der Waals surface area contributed by atoms with Crippen LogP contribution in [0, 0.1) is 0 Å². The standard InChI is InChI=1S/C8H14N2O4.CH4O/c1-5(2)13-7(11)9-10-8(12)14-6(3)4;1-2/h5-6H,1-4H3;2H,1H3. The highest BCUT2D eigenvalue weighted by atomic mass is 16.6. The van der Waals surface area contributed by atoms with Gasteiger partial charge in [-0.2, -0.15) is 0 Å². The van der Waals surface area contributed by atoms with Crippen LogP contribution in [-0.4, -0.2) is 36.6 Å². The molecule has 0 radical (unpaired) electrons. The van der Waals surface area contributed by atoms with Gasteiger partial charge in [-0.1, -0.05) is 10.2 Å². The first-order chi connectivity index (χ1) is 7.41. The monoisotopic (exact) mass is 234 g/mol. The maximum atomic E-state index is 10.8. The smallest absolute Gasteiger partial charge is 0.444 e. The number of hydrogen-bond donors (Lipinski definition) is 1. The highest BCUT2D eigenvalue weighted by Crippen LogP contribution is 1.96. The third-order valence-corrected chi connectivity index (χ3v) is 0.886. The fraction of sp³-hybridized carbons (Fsp3) is 0.778. The Morgan fingerprint density at radius 1 is 0.875 bits per heavy atom. The molecule has 0 aliphatic carbocycles. The number of carbonyl (C=O) groups excluding carboxylic acids is 2. The van der Waals surface area contributed by atoms with E-state index in [9.17, 15) is 9.59 Å². The summed E-state index contributed by atoms with van der Waals surface area (Å²) in [6.45, 7) is 6.67. The predicted octanol–water partition coefficient (Wildman–Crippen LogP) is 2.14. The Hall–Kier alpha value is -1.50. The van der Waals surface area contributed by atoms with E-state index in [0.717, 1.165) is 7.11 Å². The van der Waals surface area contributed by atoms with Crippen molar-refractivity contribution >= 4 is 12.2 Å². The van der Waals surface area contributed by atoms with Crippen LogP contribution in [0.15, 0.2) is 10.2 Å². The maximum absolute atomic E-state index is 10.8. The Kier molecular flexibility index (Phi) is 10.6. The molecule has 0 atom stereocenters. The molecule has 0 aliphatic heterocycles. The fourth-order valence-electron chi connectivity index (χ4n) is 0.532. The molecule has 16 heavy (non-hydrogen) atoms. The Bertz CT molecular complexity index is 214. The normalized spacial score (nSPS) is 10.0. The van der Waals surface area contributed by atoms with Gasteiger partial charge in [-0.05, 0) is 27.7 Å². The van der Waals surface area contributed by atoms with Crippen molar-refractivity contribution in [3.05, 3.63) is 0 Å².